The van der Waals surface area contributed by atoms with Gasteiger partial charge in [0.05, 0.1) is 52.3 Å². The van der Waals surface area contributed by atoms with E-state index in [4.69, 9.17) is 16.2 Å². The summed E-state index contributed by atoms with van der Waals surface area (Å²) in [6.45, 7) is 6.23. The Balaban J connectivity index is 0.745. The van der Waals surface area contributed by atoms with E-state index in [1.165, 1.54) is 11.8 Å². The van der Waals surface area contributed by atoms with Crippen LogP contribution in [0, 0.1) is 11.8 Å². The lowest BCUT2D eigenvalue weighted by molar-refractivity contribution is -0.145. The molecule has 48 nitrogen and oxygen atoms in total. The summed E-state index contributed by atoms with van der Waals surface area (Å²) < 4.78 is 4.74. The zero-order valence-electron chi connectivity index (χ0n) is 82.0. The number of nitrogens with zero attached hydrogens (tertiary/aromatic N) is 4. The van der Waals surface area contributed by atoms with Crippen molar-refractivity contribution in [2.45, 2.75) is 241 Å². The number of aliphatic hydroxyl groups is 2. The van der Waals surface area contributed by atoms with E-state index in [2.05, 4.69) is 115 Å². The fourth-order valence-electron chi connectivity index (χ4n) is 18.3. The maximum Gasteiger partial charge on any atom is 0.329 e. The number of carbonyl (C=O) groups excluding carboxylic acids is 20. The highest BCUT2D eigenvalue weighted by Gasteiger charge is 2.47. The van der Waals surface area contributed by atoms with Crippen LogP contribution in [0.25, 0.3) is 32.7 Å². The van der Waals surface area contributed by atoms with Crippen molar-refractivity contribution in [1.82, 2.24) is 109 Å². The minimum Gasteiger partial charge on any atom is -0.481 e. The van der Waals surface area contributed by atoms with Crippen LogP contribution in [0.5, 0.6) is 0 Å². The summed E-state index contributed by atoms with van der Waals surface area (Å²) in [4.78, 5) is 307. The number of nitrogens with two attached hydrogens (primary N) is 2. The lowest BCUT2D eigenvalue weighted by atomic mass is 9.96. The maximum atomic E-state index is 14.9. The summed E-state index contributed by atoms with van der Waals surface area (Å²) >= 11 is 8.43. The Hall–Kier alpha value is -14.3. The first-order chi connectivity index (χ1) is 69.6. The molecule has 6 aromatic rings. The van der Waals surface area contributed by atoms with Crippen molar-refractivity contribution >= 4 is 182 Å². The van der Waals surface area contributed by atoms with Crippen LogP contribution in [0.4, 0.5) is 0 Å². The van der Waals surface area contributed by atoms with Gasteiger partial charge in [0, 0.05) is 108 Å². The Morgan fingerprint density at radius 1 is 0.425 bits per heavy atom. The van der Waals surface area contributed by atoms with Gasteiger partial charge in [-0.25, -0.2) is 4.79 Å². The highest BCUT2D eigenvalue weighted by atomic mass is 32.1. The van der Waals surface area contributed by atoms with Gasteiger partial charge >= 0.3 is 11.9 Å². The Kier molecular flexibility index (Phi) is 41.7. The number of benzene rings is 3. The van der Waals surface area contributed by atoms with E-state index in [0.717, 1.165) is 39.6 Å². The zero-order chi connectivity index (χ0) is 107. The van der Waals surface area contributed by atoms with E-state index >= 15 is 0 Å². The summed E-state index contributed by atoms with van der Waals surface area (Å²) in [5.41, 5.74) is 14.9. The summed E-state index contributed by atoms with van der Waals surface area (Å²) in [6.07, 6.45) is 2.21. The van der Waals surface area contributed by atoms with Crippen molar-refractivity contribution in [3.63, 3.8) is 0 Å². The van der Waals surface area contributed by atoms with E-state index in [9.17, 15) is 116 Å². The first-order valence-electron chi connectivity index (χ1n) is 48.4. The van der Waals surface area contributed by atoms with Crippen LogP contribution in [0.15, 0.2) is 91.4 Å². The quantitative estimate of drug-likeness (QED) is 0.0126. The van der Waals surface area contributed by atoms with Gasteiger partial charge in [-0.1, -0.05) is 88.7 Å². The van der Waals surface area contributed by atoms with Crippen molar-refractivity contribution in [1.29, 1.82) is 0 Å². The number of aromatic nitrogens is 3. The number of fused-ring (bicyclic) bond motifs is 3. The molecule has 792 valence electrons. The van der Waals surface area contributed by atoms with Crippen LogP contribution in [0.2, 0.25) is 0 Å². The Labute approximate surface area is 850 Å². The van der Waals surface area contributed by atoms with Gasteiger partial charge in [0.1, 0.15) is 96.7 Å². The van der Waals surface area contributed by atoms with Crippen LogP contribution in [0.1, 0.15) is 135 Å². The first kappa shape index (κ1) is 114. The van der Waals surface area contributed by atoms with Crippen molar-refractivity contribution in [3.8, 4) is 0 Å². The van der Waals surface area contributed by atoms with Crippen LogP contribution in [-0.4, -0.2) is 348 Å². The molecule has 0 radical (unpaired) electrons. The third kappa shape index (κ3) is 30.0. The molecule has 0 spiro atoms. The summed E-state index contributed by atoms with van der Waals surface area (Å²) in [6, 6.07) is -2.47. The minimum atomic E-state index is -2.01. The van der Waals surface area contributed by atoms with E-state index in [-0.39, 0.29) is 127 Å². The van der Waals surface area contributed by atoms with E-state index in [0.29, 0.717) is 44.9 Å². The molecule has 4 saturated heterocycles. The van der Waals surface area contributed by atoms with Gasteiger partial charge in [0.15, 0.2) is 0 Å². The van der Waals surface area contributed by atoms with E-state index < -0.39 is 265 Å². The third-order valence-electron chi connectivity index (χ3n) is 26.2. The molecule has 0 unspecified atom stereocenters. The molecule has 50 heteroatoms. The number of methoxy groups -OCH3 is 1. The Morgan fingerprint density at radius 2 is 0.795 bits per heavy atom. The van der Waals surface area contributed by atoms with Gasteiger partial charge in [0.2, 0.25) is 112 Å². The van der Waals surface area contributed by atoms with Crippen LogP contribution in [0.3, 0.4) is 0 Å². The second-order valence-corrected chi connectivity index (χ2v) is 37.8. The fourth-order valence-corrected chi connectivity index (χ4v) is 18.8. The largest absolute Gasteiger partial charge is 0.481 e. The molecule has 18 atom stereocenters. The fraction of sp³-hybridized carbons (Fsp3) is 0.531. The van der Waals surface area contributed by atoms with Gasteiger partial charge < -0.3 is 141 Å². The predicted molar refractivity (Wildman–Crippen MR) is 532 cm³/mol. The summed E-state index contributed by atoms with van der Waals surface area (Å²) in [7, 11) is 1.12. The molecule has 19 amide bonds. The molecule has 7 heterocycles. The molecule has 0 aliphatic carbocycles. The van der Waals surface area contributed by atoms with E-state index in [1.54, 1.807) is 99.2 Å². The Morgan fingerprint density at radius 3 is 1.22 bits per heavy atom. The Bertz CT molecular complexity index is 5790. The number of aliphatic carboxylic acids is 1. The monoisotopic (exact) mass is 2070 g/mol. The molecule has 4 aliphatic rings. The summed E-state index contributed by atoms with van der Waals surface area (Å²) in [5, 5.41) is 69.2. The lowest BCUT2D eigenvalue weighted by Gasteiger charge is -2.32. The van der Waals surface area contributed by atoms with Crippen LogP contribution in [-0.2, 0) is 125 Å². The molecule has 3 aromatic carbocycles. The molecule has 0 saturated carbocycles. The smallest absolute Gasteiger partial charge is 0.329 e. The molecule has 24 N–H and O–H groups in total. The number of aromatic amines is 3. The number of para-hydroxylation sites is 3. The number of hydrogen-bond donors (Lipinski definition) is 24. The van der Waals surface area contributed by atoms with Gasteiger partial charge in [-0.2, -0.15) is 25.3 Å². The number of rotatable bonds is 51. The number of nitrogens with one attached hydrogen (secondary N) is 17. The predicted octanol–water partition coefficient (Wildman–Crippen LogP) is -5.00. The number of hydrogen-bond acceptors (Lipinski definition) is 27. The number of ether oxygens (including phenoxy) is 1. The number of likely N-dealkylation sites (tertiary alicyclic amines) is 4. The number of H-pyrrole nitrogens is 3. The lowest BCUT2D eigenvalue weighted by Crippen LogP contribution is -2.62. The van der Waals surface area contributed by atoms with Crippen molar-refractivity contribution in [2.75, 3.05) is 71.0 Å². The third-order valence-corrected chi connectivity index (χ3v) is 26.9. The number of aliphatic hydroxyl groups excluding tert-OH is 2. The number of amides is 19. The second-order valence-electron chi connectivity index (χ2n) is 37.1. The van der Waals surface area contributed by atoms with Gasteiger partial charge in [-0.15, -0.1) is 0 Å². The molecular weight excluding hydrogens is 1940 g/mol. The maximum absolute atomic E-state index is 14.9. The number of carboxylic acids is 1. The van der Waals surface area contributed by atoms with Crippen LogP contribution >= 0.6 is 25.3 Å². The first-order valence-corrected chi connectivity index (χ1v) is 49.7. The number of carboxylic acid groups (broad SMARTS) is 1. The SMILES string of the molecule is CC[C@H](C)[C@H](NC(=O)[C@H](CC(=O)O)NC(=O)[C@H](CO)NC(=O)[C@@H]1CCCN1C(=O)[C@H](CS)NC(=O)CNC(=O)[C@H](Cc1c[nH]c2ccccc12)NC(=O)[C@@H]1CCCN1C(=O)[C@H](CC(C)C)NC(=O)CN)C(=O)N1CCC[C@H]1C(=O)NCC(=O)N[C@@H](Cc1c[nH]c2ccccc12)C(=O)N[C@@H](CC(N)=O)C(=O)N[C@H](C(=O)N1CCC[C@H]1C(=O)N[C@@H](Cc1c[nH]c2ccccc12)C(=O)N[C@@H](C)C(=O)N[C@@H](CS)C(=O)OC)[C@@H](C)O. The standard InChI is InChI=1S/C96H131N23O25S2/c1-8-49(4)79(114-86(133)65(38-78(126)127)109-87(134)67(45-120)112-91(138)72-27-17-30-117(72)93(140)68(46-145)107-77(125)43-102-82(129)61(34-52-40-99-58-22-12-9-19-55(52)58)110-89(136)71-26-16-29-116(71)92(139)66(33-48(2)3)106-75(123)39-97)94(141)118-31-15-25-70(118)88(135)103-44-76(124)105-62(35-53-41-100-59-23-13-10-20-56(53)59)84(131)108-64(37-74(98)122)85(132)115-80(51(6)121)95(142)119-32-18-28-73(119)90(137)111-63(36-54-42-101-60-24-14-11-21-57(54)60)83(130)104-50(5)81(128)113-69(47-146)96(143)144-7/h9-14,19-24,40-42,48-51,61-73,79-80,99-101,120-121,145-146H,8,15-18,25-39,43-47,97H2,1-7H3,(H2,98,122)(H,102,129)(H,103,135)(H,104,130)(H,105,124)(H,106,123)(H,107,125)(H,108,131)(H,109,134)(H,110,136)(H,111,137)(H,112,138)(H,113,128)(H,114,133)(H,115,132)(H,126,127)/t49-,50-,51+,61-,62-,63-,64-,65-,66-,67-,68-,69-,70-,71-,72-,73-,79-,80-/m0/s1. The highest BCUT2D eigenvalue weighted by molar-refractivity contribution is 7.80. The number of esters is 1. The number of carbonyl (C=O) groups is 21. The molecule has 0 bridgehead atoms. The van der Waals surface area contributed by atoms with Crippen LogP contribution < -0.4 is 85.9 Å². The molecule has 3 aromatic heterocycles. The van der Waals surface area contributed by atoms with Crippen molar-refractivity contribution < 1.29 is 121 Å². The van der Waals surface area contributed by atoms with E-state index in [1.807, 2.05) is 19.9 Å². The second kappa shape index (κ2) is 53.5. The number of thiol groups is 2. The van der Waals surface area contributed by atoms with Crippen molar-refractivity contribution in [3.05, 3.63) is 108 Å². The minimum absolute atomic E-state index is 0.00427. The molecule has 4 aliphatic heterocycles. The van der Waals surface area contributed by atoms with Gasteiger partial charge in [-0.05, 0) is 118 Å². The average molecular weight is 2070 g/mol. The van der Waals surface area contributed by atoms with Gasteiger partial charge in [0.25, 0.3) is 0 Å². The molecule has 146 heavy (non-hydrogen) atoms. The summed E-state index contributed by atoms with van der Waals surface area (Å²) in [5.74, 6) is -21.3. The average Bonchev–Trinajstić information content (AvgIpc) is 1.63. The topological polar surface area (TPSA) is 709 Å². The molecular formula is C96H131N23O25S2. The van der Waals surface area contributed by atoms with Gasteiger partial charge in [-0.3, -0.25) is 95.9 Å². The molecule has 10 rings (SSSR count). The van der Waals surface area contributed by atoms with Crippen molar-refractivity contribution in [2.24, 2.45) is 23.3 Å². The normalized spacial score (nSPS) is 18.4. The zero-order valence-corrected chi connectivity index (χ0v) is 83.8. The number of primary amides is 1. The highest BCUT2D eigenvalue weighted by Crippen LogP contribution is 2.29. The molecule has 4 fully saturated rings.